The average Bonchev–Trinajstić information content (AvgIpc) is 2.58. The monoisotopic (exact) mass is 406 g/mol. The highest BCUT2D eigenvalue weighted by Gasteiger charge is 2.48. The van der Waals surface area contributed by atoms with Crippen LogP contribution in [0.4, 0.5) is 11.4 Å². The number of carbonyl (C=O) groups is 1. The summed E-state index contributed by atoms with van der Waals surface area (Å²) in [5, 5.41) is 19.4. The summed E-state index contributed by atoms with van der Waals surface area (Å²) in [4.78, 5) is 22.6. The number of hydrogen-bond acceptors (Lipinski definition) is 7. The fraction of sp³-hybridized carbons (Fsp3) is 0.533. The van der Waals surface area contributed by atoms with E-state index >= 15 is 0 Å². The van der Waals surface area contributed by atoms with Gasteiger partial charge in [0.15, 0.2) is 14.6 Å². The highest BCUT2D eigenvalue weighted by atomic mass is 35.5. The molecule has 0 spiro atoms. The van der Waals surface area contributed by atoms with Crippen molar-refractivity contribution in [1.82, 2.24) is 10.6 Å². The summed E-state index contributed by atoms with van der Waals surface area (Å²) >= 11 is 0. The van der Waals surface area contributed by atoms with Gasteiger partial charge >= 0.3 is 0 Å². The van der Waals surface area contributed by atoms with Crippen molar-refractivity contribution < 1.29 is 18.1 Å². The number of benzene rings is 1. The maximum Gasteiger partial charge on any atom is 0.269 e. The molecule has 1 aromatic rings. The average molecular weight is 407 g/mol. The van der Waals surface area contributed by atoms with Crippen LogP contribution in [0.2, 0.25) is 0 Å². The molecule has 0 aliphatic carbocycles. The summed E-state index contributed by atoms with van der Waals surface area (Å²) in [7, 11) is -3.53. The maximum absolute atomic E-state index is 12.5. The number of carbonyl (C=O) groups excluding carboxylic acids is 1. The highest BCUT2D eigenvalue weighted by Crippen LogP contribution is 2.27. The van der Waals surface area contributed by atoms with Gasteiger partial charge < -0.3 is 16.0 Å². The van der Waals surface area contributed by atoms with Crippen molar-refractivity contribution in [2.45, 2.75) is 17.6 Å². The van der Waals surface area contributed by atoms with Crippen LogP contribution in [0.5, 0.6) is 0 Å². The first-order valence-electron chi connectivity index (χ1n) is 7.93. The second-order valence-electron chi connectivity index (χ2n) is 6.00. The van der Waals surface area contributed by atoms with Crippen molar-refractivity contribution in [2.24, 2.45) is 0 Å². The van der Waals surface area contributed by atoms with E-state index < -0.39 is 25.4 Å². The van der Waals surface area contributed by atoms with Gasteiger partial charge in [0, 0.05) is 37.2 Å². The number of rotatable bonds is 7. The van der Waals surface area contributed by atoms with Crippen molar-refractivity contribution >= 4 is 39.5 Å². The first-order valence-corrected chi connectivity index (χ1v) is 9.82. The van der Waals surface area contributed by atoms with E-state index in [1.807, 2.05) is 0 Å². The lowest BCUT2D eigenvalue weighted by Gasteiger charge is -2.34. The minimum Gasteiger partial charge on any atom is -0.383 e. The normalized spacial score (nSPS) is 16.2. The fourth-order valence-corrected chi connectivity index (χ4v) is 4.20. The Morgan fingerprint density at radius 3 is 2.31 bits per heavy atom. The summed E-state index contributed by atoms with van der Waals surface area (Å²) in [5.74, 6) is -0.470. The van der Waals surface area contributed by atoms with Gasteiger partial charge in [-0.2, -0.15) is 0 Å². The number of non-ortho nitro benzene ring substituents is 1. The molecular formula is C15H23ClN4O5S. The molecular weight excluding hydrogens is 384 g/mol. The van der Waals surface area contributed by atoms with Crippen LogP contribution < -0.4 is 16.0 Å². The zero-order valence-electron chi connectivity index (χ0n) is 14.4. The number of nitro benzene ring substituents is 1. The molecule has 2 rings (SSSR count). The molecule has 1 amide bonds. The number of amides is 1. The van der Waals surface area contributed by atoms with Crippen molar-refractivity contribution in [2.75, 3.05) is 37.8 Å². The SMILES string of the molecule is CS(=O)(=O)C1(C(=O)NCCNc2ccc([N+](=O)[O-])cc2)CCNCC1.Cl. The topological polar surface area (TPSA) is 130 Å². The Morgan fingerprint density at radius 2 is 1.81 bits per heavy atom. The largest absolute Gasteiger partial charge is 0.383 e. The number of halogens is 1. The van der Waals surface area contributed by atoms with Gasteiger partial charge in [-0.1, -0.05) is 0 Å². The van der Waals surface area contributed by atoms with E-state index in [-0.39, 0.29) is 37.5 Å². The molecule has 0 bridgehead atoms. The second kappa shape index (κ2) is 9.15. The molecule has 0 atom stereocenters. The van der Waals surface area contributed by atoms with Crippen molar-refractivity contribution in [3.8, 4) is 0 Å². The van der Waals surface area contributed by atoms with Crippen LogP contribution in [-0.2, 0) is 14.6 Å². The summed E-state index contributed by atoms with van der Waals surface area (Å²) < 4.78 is 22.9. The molecule has 3 N–H and O–H groups in total. The zero-order chi connectivity index (χ0) is 18.5. The predicted molar refractivity (Wildman–Crippen MR) is 102 cm³/mol. The van der Waals surface area contributed by atoms with E-state index in [9.17, 15) is 23.3 Å². The molecule has 9 nitrogen and oxygen atoms in total. The Bertz CT molecular complexity index is 733. The number of piperidine rings is 1. The zero-order valence-corrected chi connectivity index (χ0v) is 16.0. The standard InChI is InChI=1S/C15H22N4O5S.ClH/c1-25(23,24)15(6-8-16-9-7-15)14(20)18-11-10-17-12-2-4-13(5-3-12)19(21)22;/h2-5,16-17H,6-11H2,1H3,(H,18,20);1H. The number of anilines is 1. The number of nitrogens with zero attached hydrogens (tertiary/aromatic N) is 1. The van der Waals surface area contributed by atoms with E-state index in [2.05, 4.69) is 16.0 Å². The van der Waals surface area contributed by atoms with E-state index in [0.717, 1.165) is 6.26 Å². The smallest absolute Gasteiger partial charge is 0.269 e. The minimum atomic E-state index is -3.53. The lowest BCUT2D eigenvalue weighted by atomic mass is 9.96. The molecule has 26 heavy (non-hydrogen) atoms. The van der Waals surface area contributed by atoms with Gasteiger partial charge in [-0.25, -0.2) is 8.42 Å². The lowest BCUT2D eigenvalue weighted by Crippen LogP contribution is -2.57. The Balaban J connectivity index is 0.00000338. The molecule has 1 saturated heterocycles. The number of nitrogens with one attached hydrogen (secondary N) is 3. The molecule has 0 aromatic heterocycles. The molecule has 11 heteroatoms. The summed E-state index contributed by atoms with van der Waals surface area (Å²) in [6, 6.07) is 5.92. The van der Waals surface area contributed by atoms with Crippen LogP contribution in [0.25, 0.3) is 0 Å². The van der Waals surface area contributed by atoms with E-state index in [4.69, 9.17) is 0 Å². The minimum absolute atomic E-state index is 0. The van der Waals surface area contributed by atoms with Crippen LogP contribution in [0, 0.1) is 10.1 Å². The van der Waals surface area contributed by atoms with Crippen LogP contribution in [0.3, 0.4) is 0 Å². The first kappa shape index (κ1) is 22.1. The van der Waals surface area contributed by atoms with Crippen molar-refractivity contribution in [1.29, 1.82) is 0 Å². The Labute approximate surface area is 158 Å². The molecule has 1 aliphatic heterocycles. The van der Waals surface area contributed by atoms with Gasteiger partial charge in [-0.15, -0.1) is 12.4 Å². The fourth-order valence-electron chi connectivity index (χ4n) is 2.84. The quantitative estimate of drug-likeness (QED) is 0.345. The van der Waals surface area contributed by atoms with Crippen molar-refractivity contribution in [3.63, 3.8) is 0 Å². The molecule has 1 fully saturated rings. The molecule has 146 valence electrons. The van der Waals surface area contributed by atoms with Crippen molar-refractivity contribution in [3.05, 3.63) is 34.4 Å². The lowest BCUT2D eigenvalue weighted by molar-refractivity contribution is -0.384. The predicted octanol–water partition coefficient (Wildman–Crippen LogP) is 0.711. The molecule has 1 aromatic carbocycles. The Morgan fingerprint density at radius 1 is 1.23 bits per heavy atom. The Hall–Kier alpha value is -1.91. The van der Waals surface area contributed by atoms with Gasteiger partial charge in [0.05, 0.1) is 4.92 Å². The van der Waals surface area contributed by atoms with Gasteiger partial charge in [0.1, 0.15) is 0 Å². The highest BCUT2D eigenvalue weighted by molar-refractivity contribution is 7.92. The van der Waals surface area contributed by atoms with E-state index in [0.29, 0.717) is 25.3 Å². The van der Waals surface area contributed by atoms with E-state index in [1.54, 1.807) is 12.1 Å². The molecule has 0 saturated carbocycles. The van der Waals surface area contributed by atoms with E-state index in [1.165, 1.54) is 12.1 Å². The molecule has 1 aliphatic rings. The summed E-state index contributed by atoms with van der Waals surface area (Å²) in [5.41, 5.74) is 0.680. The second-order valence-corrected chi connectivity index (χ2v) is 8.33. The van der Waals surface area contributed by atoms with Gasteiger partial charge in [-0.05, 0) is 38.1 Å². The molecule has 0 unspecified atom stereocenters. The van der Waals surface area contributed by atoms with Crippen LogP contribution in [0.15, 0.2) is 24.3 Å². The number of nitro groups is 1. The number of hydrogen-bond donors (Lipinski definition) is 3. The van der Waals surface area contributed by atoms with Gasteiger partial charge in [-0.3, -0.25) is 14.9 Å². The van der Waals surface area contributed by atoms with Crippen LogP contribution in [0.1, 0.15) is 12.8 Å². The van der Waals surface area contributed by atoms with Gasteiger partial charge in [0.25, 0.3) is 5.69 Å². The maximum atomic E-state index is 12.5. The third-order valence-electron chi connectivity index (χ3n) is 4.35. The first-order chi connectivity index (χ1) is 11.8. The molecule has 0 radical (unpaired) electrons. The van der Waals surface area contributed by atoms with Crippen LogP contribution >= 0.6 is 12.4 Å². The third kappa shape index (κ3) is 5.05. The summed E-state index contributed by atoms with van der Waals surface area (Å²) in [6.45, 7) is 1.60. The number of sulfone groups is 1. The third-order valence-corrected chi connectivity index (χ3v) is 6.37. The van der Waals surface area contributed by atoms with Crippen LogP contribution in [-0.4, -0.2) is 56.4 Å². The Kier molecular flexibility index (Phi) is 7.79. The van der Waals surface area contributed by atoms with Gasteiger partial charge in [0.2, 0.25) is 5.91 Å². The summed E-state index contributed by atoms with van der Waals surface area (Å²) in [6.07, 6.45) is 1.62. The molecule has 1 heterocycles.